The summed E-state index contributed by atoms with van der Waals surface area (Å²) in [4.78, 5) is 13.6. The number of nitrogens with zero attached hydrogens (tertiary/aromatic N) is 1. The van der Waals surface area contributed by atoms with E-state index in [0.29, 0.717) is 0 Å². The smallest absolute Gasteiger partial charge is 0.243 e. The highest BCUT2D eigenvalue weighted by Gasteiger charge is 2.26. The van der Waals surface area contributed by atoms with Gasteiger partial charge in [-0.2, -0.15) is 0 Å². The Morgan fingerprint density at radius 3 is 2.67 bits per heavy atom. The minimum Gasteiger partial charge on any atom is -0.320 e. The van der Waals surface area contributed by atoms with E-state index in [-0.39, 0.29) is 11.9 Å². The van der Waals surface area contributed by atoms with Crippen LogP contribution in [0.4, 0.5) is 5.69 Å². The molecule has 1 aliphatic heterocycles. The van der Waals surface area contributed by atoms with Gasteiger partial charge in [-0.1, -0.05) is 0 Å². The van der Waals surface area contributed by atoms with Crippen LogP contribution in [0.3, 0.4) is 0 Å². The van der Waals surface area contributed by atoms with Crippen molar-refractivity contribution in [3.05, 3.63) is 27.8 Å². The second-order valence-corrected chi connectivity index (χ2v) is 4.96. The molecule has 1 amide bonds. The van der Waals surface area contributed by atoms with Gasteiger partial charge >= 0.3 is 0 Å². The molecule has 0 bridgehead atoms. The minimum absolute atomic E-state index is 0.0439. The highest BCUT2D eigenvalue weighted by Crippen LogP contribution is 2.21. The predicted octanol–water partition coefficient (Wildman–Crippen LogP) is 1.75. The molecule has 1 fully saturated rings. The van der Waals surface area contributed by atoms with E-state index in [1.165, 1.54) is 3.57 Å². The average molecular weight is 316 g/mol. The number of carbonyl (C=O) groups is 1. The largest absolute Gasteiger partial charge is 0.320 e. The molecule has 1 unspecified atom stereocenters. The Morgan fingerprint density at radius 2 is 2.00 bits per heavy atom. The van der Waals surface area contributed by atoms with Crippen LogP contribution in [-0.2, 0) is 4.79 Å². The highest BCUT2D eigenvalue weighted by atomic mass is 127. The van der Waals surface area contributed by atoms with Gasteiger partial charge in [-0.15, -0.1) is 0 Å². The minimum atomic E-state index is -0.321. The van der Waals surface area contributed by atoms with E-state index < -0.39 is 0 Å². The van der Waals surface area contributed by atoms with Crippen LogP contribution < -0.4 is 10.6 Å². The van der Waals surface area contributed by atoms with Crippen molar-refractivity contribution >= 4 is 34.2 Å². The maximum Gasteiger partial charge on any atom is 0.243 e. The SMILES string of the molecule is NC1CCCN(c2ccc(I)cc2)C1=O. The van der Waals surface area contributed by atoms with Gasteiger partial charge in [0.2, 0.25) is 5.91 Å². The van der Waals surface area contributed by atoms with Crippen LogP contribution in [0, 0.1) is 3.57 Å². The summed E-state index contributed by atoms with van der Waals surface area (Å²) in [5, 5.41) is 0. The molecule has 0 saturated carbocycles. The summed E-state index contributed by atoms with van der Waals surface area (Å²) in [6.45, 7) is 0.785. The fourth-order valence-electron chi connectivity index (χ4n) is 1.78. The molecule has 0 spiro atoms. The summed E-state index contributed by atoms with van der Waals surface area (Å²) in [6, 6.07) is 7.63. The van der Waals surface area contributed by atoms with Crippen molar-refractivity contribution in [1.29, 1.82) is 0 Å². The van der Waals surface area contributed by atoms with Crippen molar-refractivity contribution in [2.75, 3.05) is 11.4 Å². The number of halogens is 1. The van der Waals surface area contributed by atoms with Gasteiger partial charge in [-0.25, -0.2) is 0 Å². The maximum atomic E-state index is 11.8. The molecule has 1 heterocycles. The van der Waals surface area contributed by atoms with Gasteiger partial charge in [0.05, 0.1) is 6.04 Å². The van der Waals surface area contributed by atoms with E-state index in [1.54, 1.807) is 4.90 Å². The van der Waals surface area contributed by atoms with E-state index in [1.807, 2.05) is 24.3 Å². The van der Waals surface area contributed by atoms with Crippen LogP contribution >= 0.6 is 22.6 Å². The normalized spacial score (nSPS) is 21.9. The molecule has 1 aromatic rings. The monoisotopic (exact) mass is 316 g/mol. The standard InChI is InChI=1S/C11H13IN2O/c12-8-3-5-9(6-4-8)14-7-1-2-10(13)11(14)15/h3-6,10H,1-2,7,13H2. The first-order valence-corrected chi connectivity index (χ1v) is 6.09. The number of hydrogen-bond acceptors (Lipinski definition) is 2. The summed E-state index contributed by atoms with van der Waals surface area (Å²) < 4.78 is 1.17. The molecule has 1 aromatic carbocycles. The fourth-order valence-corrected chi connectivity index (χ4v) is 2.14. The molecular weight excluding hydrogens is 303 g/mol. The Hall–Kier alpha value is -0.620. The number of nitrogens with two attached hydrogens (primary N) is 1. The number of hydrogen-bond donors (Lipinski definition) is 1. The van der Waals surface area contributed by atoms with E-state index in [2.05, 4.69) is 22.6 Å². The van der Waals surface area contributed by atoms with Crippen molar-refractivity contribution in [3.8, 4) is 0 Å². The van der Waals surface area contributed by atoms with Gasteiger partial charge in [0.25, 0.3) is 0 Å². The lowest BCUT2D eigenvalue weighted by Gasteiger charge is -2.30. The molecular formula is C11H13IN2O. The zero-order valence-corrected chi connectivity index (χ0v) is 10.5. The maximum absolute atomic E-state index is 11.8. The van der Waals surface area contributed by atoms with Gasteiger partial charge in [0, 0.05) is 15.8 Å². The first-order chi connectivity index (χ1) is 7.18. The Morgan fingerprint density at radius 1 is 1.33 bits per heavy atom. The zero-order valence-electron chi connectivity index (χ0n) is 8.32. The first kappa shape index (κ1) is 10.9. The molecule has 1 atom stereocenters. The van der Waals surface area contributed by atoms with Crippen LogP contribution in [0.15, 0.2) is 24.3 Å². The lowest BCUT2D eigenvalue weighted by Crippen LogP contribution is -2.48. The molecule has 0 aromatic heterocycles. The molecule has 1 aliphatic rings. The molecule has 1 saturated heterocycles. The van der Waals surface area contributed by atoms with Crippen molar-refractivity contribution in [2.45, 2.75) is 18.9 Å². The quantitative estimate of drug-likeness (QED) is 0.802. The Labute approximate surface area is 103 Å². The van der Waals surface area contributed by atoms with E-state index in [0.717, 1.165) is 25.1 Å². The summed E-state index contributed by atoms with van der Waals surface area (Å²) in [6.07, 6.45) is 1.79. The second-order valence-electron chi connectivity index (χ2n) is 3.72. The van der Waals surface area contributed by atoms with Crippen LogP contribution in [-0.4, -0.2) is 18.5 Å². The van der Waals surface area contributed by atoms with Gasteiger partial charge < -0.3 is 10.6 Å². The third-order valence-corrected chi connectivity index (χ3v) is 3.34. The van der Waals surface area contributed by atoms with Crippen LogP contribution in [0.1, 0.15) is 12.8 Å². The number of amides is 1. The van der Waals surface area contributed by atoms with Gasteiger partial charge in [-0.05, 0) is 59.7 Å². The zero-order chi connectivity index (χ0) is 10.8. The van der Waals surface area contributed by atoms with Crippen molar-refractivity contribution < 1.29 is 4.79 Å². The molecule has 2 rings (SSSR count). The number of anilines is 1. The summed E-state index contributed by atoms with van der Waals surface area (Å²) >= 11 is 2.25. The first-order valence-electron chi connectivity index (χ1n) is 5.01. The van der Waals surface area contributed by atoms with Gasteiger partial charge in [0.15, 0.2) is 0 Å². The Bertz CT molecular complexity index is 363. The molecule has 0 aliphatic carbocycles. The predicted molar refractivity (Wildman–Crippen MR) is 68.7 cm³/mol. The lowest BCUT2D eigenvalue weighted by molar-refractivity contribution is -0.120. The third-order valence-electron chi connectivity index (χ3n) is 2.62. The average Bonchev–Trinajstić information content (AvgIpc) is 2.24. The van der Waals surface area contributed by atoms with Crippen LogP contribution in [0.25, 0.3) is 0 Å². The summed E-state index contributed by atoms with van der Waals surface area (Å²) in [7, 11) is 0. The highest BCUT2D eigenvalue weighted by molar-refractivity contribution is 14.1. The van der Waals surface area contributed by atoms with Gasteiger partial charge in [0.1, 0.15) is 0 Å². The number of carbonyl (C=O) groups excluding carboxylic acids is 1. The lowest BCUT2D eigenvalue weighted by atomic mass is 10.1. The Balaban J connectivity index is 2.22. The third kappa shape index (κ3) is 2.31. The number of piperidine rings is 1. The number of rotatable bonds is 1. The fraction of sp³-hybridized carbons (Fsp3) is 0.364. The number of benzene rings is 1. The van der Waals surface area contributed by atoms with Crippen molar-refractivity contribution in [3.63, 3.8) is 0 Å². The van der Waals surface area contributed by atoms with Crippen molar-refractivity contribution in [2.24, 2.45) is 5.73 Å². The second kappa shape index (κ2) is 4.49. The van der Waals surface area contributed by atoms with Crippen LogP contribution in [0.2, 0.25) is 0 Å². The van der Waals surface area contributed by atoms with Crippen LogP contribution in [0.5, 0.6) is 0 Å². The Kier molecular flexibility index (Phi) is 3.25. The van der Waals surface area contributed by atoms with E-state index >= 15 is 0 Å². The molecule has 0 radical (unpaired) electrons. The summed E-state index contributed by atoms with van der Waals surface area (Å²) in [5.41, 5.74) is 6.70. The summed E-state index contributed by atoms with van der Waals surface area (Å²) in [5.74, 6) is 0.0439. The van der Waals surface area contributed by atoms with E-state index in [9.17, 15) is 4.79 Å². The van der Waals surface area contributed by atoms with Crippen molar-refractivity contribution in [1.82, 2.24) is 0 Å². The van der Waals surface area contributed by atoms with Gasteiger partial charge in [-0.3, -0.25) is 4.79 Å². The molecule has 3 nitrogen and oxygen atoms in total. The molecule has 2 N–H and O–H groups in total. The van der Waals surface area contributed by atoms with E-state index in [4.69, 9.17) is 5.73 Å². The molecule has 15 heavy (non-hydrogen) atoms. The molecule has 4 heteroatoms. The topological polar surface area (TPSA) is 46.3 Å². The molecule has 80 valence electrons.